The quantitative estimate of drug-likeness (QED) is 0.813. The zero-order valence-corrected chi connectivity index (χ0v) is 13.2. The first kappa shape index (κ1) is 15.7. The number of carbonyl (C=O) groups is 3. The summed E-state index contributed by atoms with van der Waals surface area (Å²) in [4.78, 5) is 38.4. The van der Waals surface area contributed by atoms with Gasteiger partial charge in [-0.25, -0.2) is 0 Å². The van der Waals surface area contributed by atoms with Crippen molar-refractivity contribution in [1.29, 1.82) is 0 Å². The first-order valence-corrected chi connectivity index (χ1v) is 7.95. The van der Waals surface area contributed by atoms with Crippen molar-refractivity contribution in [1.82, 2.24) is 10.2 Å². The Morgan fingerprint density at radius 3 is 2.57 bits per heavy atom. The first-order chi connectivity index (χ1) is 9.95. The summed E-state index contributed by atoms with van der Waals surface area (Å²) in [6, 6.07) is 4.18. The molecule has 0 aliphatic carbocycles. The van der Waals surface area contributed by atoms with Gasteiger partial charge in [-0.15, -0.1) is 11.3 Å². The van der Waals surface area contributed by atoms with Crippen molar-refractivity contribution < 1.29 is 14.4 Å². The fraction of sp³-hybridized carbons (Fsp3) is 0.533. The van der Waals surface area contributed by atoms with Crippen LogP contribution in [0.2, 0.25) is 0 Å². The number of likely N-dealkylation sites (tertiary alicyclic amines) is 1. The summed E-state index contributed by atoms with van der Waals surface area (Å²) in [5, 5.41) is 2.91. The Bertz CT molecular complexity index is 537. The Balaban J connectivity index is 1.74. The predicted octanol–water partition coefficient (Wildman–Crippen LogP) is 1.64. The van der Waals surface area contributed by atoms with Gasteiger partial charge in [-0.2, -0.15) is 0 Å². The maximum absolute atomic E-state index is 11.9. The Morgan fingerprint density at radius 2 is 2.00 bits per heavy atom. The molecular weight excluding hydrogens is 288 g/mol. The fourth-order valence-electron chi connectivity index (χ4n) is 2.38. The van der Waals surface area contributed by atoms with Crippen molar-refractivity contribution in [3.05, 3.63) is 21.9 Å². The van der Waals surface area contributed by atoms with Crippen molar-refractivity contribution in [3.8, 4) is 0 Å². The van der Waals surface area contributed by atoms with Crippen LogP contribution in [0.3, 0.4) is 0 Å². The molecule has 1 aliphatic heterocycles. The molecule has 1 fully saturated rings. The van der Waals surface area contributed by atoms with E-state index in [4.69, 9.17) is 0 Å². The largest absolute Gasteiger partial charge is 0.353 e. The lowest BCUT2D eigenvalue weighted by Gasteiger charge is -2.16. The smallest absolute Gasteiger partial charge is 0.229 e. The fourth-order valence-corrected chi connectivity index (χ4v) is 3.40. The molecule has 1 aromatic rings. The Kier molecular flexibility index (Phi) is 5.12. The molecule has 1 N–H and O–H groups in total. The highest BCUT2D eigenvalue weighted by Gasteiger charge is 2.28. The highest BCUT2D eigenvalue weighted by atomic mass is 32.1. The summed E-state index contributed by atoms with van der Waals surface area (Å²) >= 11 is 1.73. The number of thiophene rings is 1. The first-order valence-electron chi connectivity index (χ1n) is 7.13. The summed E-state index contributed by atoms with van der Waals surface area (Å²) < 4.78 is 0. The zero-order chi connectivity index (χ0) is 15.4. The molecule has 1 aromatic heterocycles. The van der Waals surface area contributed by atoms with Crippen LogP contribution in [-0.2, 0) is 20.8 Å². The van der Waals surface area contributed by atoms with Gasteiger partial charge in [-0.05, 0) is 26.0 Å². The zero-order valence-electron chi connectivity index (χ0n) is 12.3. The van der Waals surface area contributed by atoms with Crippen molar-refractivity contribution >= 4 is 29.1 Å². The van der Waals surface area contributed by atoms with E-state index in [2.05, 4.69) is 24.4 Å². The van der Waals surface area contributed by atoms with Gasteiger partial charge in [0.25, 0.3) is 0 Å². The average molecular weight is 308 g/mol. The minimum atomic E-state index is -0.171. The number of aryl methyl sites for hydroxylation is 1. The number of rotatable bonds is 6. The monoisotopic (exact) mass is 308 g/mol. The van der Waals surface area contributed by atoms with Gasteiger partial charge in [0, 0.05) is 48.0 Å². The molecule has 0 radical (unpaired) electrons. The maximum Gasteiger partial charge on any atom is 0.229 e. The lowest BCUT2D eigenvalue weighted by molar-refractivity contribution is -0.138. The summed E-state index contributed by atoms with van der Waals surface area (Å²) in [6.45, 7) is 4.20. The minimum Gasteiger partial charge on any atom is -0.353 e. The molecule has 0 aromatic carbocycles. The molecule has 5 nitrogen and oxygen atoms in total. The van der Waals surface area contributed by atoms with Gasteiger partial charge >= 0.3 is 0 Å². The van der Waals surface area contributed by atoms with Crippen LogP contribution >= 0.6 is 11.3 Å². The van der Waals surface area contributed by atoms with Crippen LogP contribution in [0.1, 0.15) is 35.9 Å². The molecule has 6 heteroatoms. The number of nitrogens with zero attached hydrogens (tertiary/aromatic N) is 1. The third-order valence-electron chi connectivity index (χ3n) is 3.43. The number of hydrogen-bond donors (Lipinski definition) is 1. The molecule has 2 heterocycles. The van der Waals surface area contributed by atoms with E-state index in [0.29, 0.717) is 0 Å². The molecule has 3 amide bonds. The van der Waals surface area contributed by atoms with E-state index in [1.165, 1.54) is 14.7 Å². The molecular formula is C15H20N2O3S. The number of imide groups is 1. The number of amides is 3. The predicted molar refractivity (Wildman–Crippen MR) is 80.9 cm³/mol. The van der Waals surface area contributed by atoms with Gasteiger partial charge in [-0.1, -0.05) is 0 Å². The van der Waals surface area contributed by atoms with Gasteiger partial charge < -0.3 is 5.32 Å². The Labute approximate surface area is 128 Å². The van der Waals surface area contributed by atoms with Gasteiger partial charge in [0.1, 0.15) is 0 Å². The number of nitrogens with one attached hydrogen (secondary N) is 1. The van der Waals surface area contributed by atoms with Crippen LogP contribution in [0, 0.1) is 6.92 Å². The topological polar surface area (TPSA) is 66.5 Å². The second-order valence-electron chi connectivity index (χ2n) is 5.37. The van der Waals surface area contributed by atoms with Gasteiger partial charge in [0.2, 0.25) is 17.7 Å². The number of hydrogen-bond acceptors (Lipinski definition) is 4. The molecule has 1 aliphatic rings. The van der Waals surface area contributed by atoms with Crippen molar-refractivity contribution in [2.45, 2.75) is 45.6 Å². The van der Waals surface area contributed by atoms with E-state index in [0.717, 1.165) is 6.42 Å². The Morgan fingerprint density at radius 1 is 1.33 bits per heavy atom. The van der Waals surface area contributed by atoms with Crippen LogP contribution in [-0.4, -0.2) is 35.2 Å². The molecule has 21 heavy (non-hydrogen) atoms. The summed E-state index contributed by atoms with van der Waals surface area (Å²) in [6.07, 6.45) is 1.51. The van der Waals surface area contributed by atoms with Crippen LogP contribution in [0.25, 0.3) is 0 Å². The second kappa shape index (κ2) is 6.85. The molecule has 1 atom stereocenters. The van der Waals surface area contributed by atoms with Crippen LogP contribution in [0.5, 0.6) is 0 Å². The van der Waals surface area contributed by atoms with Gasteiger partial charge in [0.05, 0.1) is 0 Å². The molecule has 0 bridgehead atoms. The van der Waals surface area contributed by atoms with Crippen molar-refractivity contribution in [2.24, 2.45) is 0 Å². The van der Waals surface area contributed by atoms with E-state index in [1.54, 1.807) is 11.3 Å². The lowest BCUT2D eigenvalue weighted by atomic mass is 10.2. The summed E-state index contributed by atoms with van der Waals surface area (Å²) in [5.41, 5.74) is 0. The molecule has 0 spiro atoms. The highest BCUT2D eigenvalue weighted by Crippen LogP contribution is 2.17. The highest BCUT2D eigenvalue weighted by molar-refractivity contribution is 7.11. The minimum absolute atomic E-state index is 0.0422. The third-order valence-corrected chi connectivity index (χ3v) is 4.45. The molecule has 2 rings (SSSR count). The molecule has 0 saturated carbocycles. The summed E-state index contributed by atoms with van der Waals surface area (Å²) in [5.74, 6) is -0.465. The van der Waals surface area contributed by atoms with E-state index >= 15 is 0 Å². The SMILES string of the molecule is Cc1ccc(C[C@H](C)NC(=O)CCN2C(=O)CCC2=O)s1. The average Bonchev–Trinajstić information content (AvgIpc) is 2.94. The van der Waals surface area contributed by atoms with Crippen molar-refractivity contribution in [3.63, 3.8) is 0 Å². The lowest BCUT2D eigenvalue weighted by Crippen LogP contribution is -2.37. The Hall–Kier alpha value is -1.69. The van der Waals surface area contributed by atoms with E-state index in [9.17, 15) is 14.4 Å². The van der Waals surface area contributed by atoms with Gasteiger partial charge in [-0.3, -0.25) is 19.3 Å². The molecule has 114 valence electrons. The second-order valence-corrected chi connectivity index (χ2v) is 6.75. The van der Waals surface area contributed by atoms with Crippen LogP contribution in [0.15, 0.2) is 12.1 Å². The molecule has 0 unspecified atom stereocenters. The van der Waals surface area contributed by atoms with Gasteiger partial charge in [0.15, 0.2) is 0 Å². The maximum atomic E-state index is 11.9. The van der Waals surface area contributed by atoms with Crippen molar-refractivity contribution in [2.75, 3.05) is 6.54 Å². The van der Waals surface area contributed by atoms with Crippen LogP contribution < -0.4 is 5.32 Å². The van der Waals surface area contributed by atoms with E-state index < -0.39 is 0 Å². The standard InChI is InChI=1S/C15H20N2O3S/c1-10(9-12-4-3-11(2)21-12)16-13(18)7-8-17-14(19)5-6-15(17)20/h3-4,10H,5-9H2,1-2H3,(H,16,18)/t10-/m0/s1. The summed E-state index contributed by atoms with van der Waals surface area (Å²) in [7, 11) is 0. The van der Waals surface area contributed by atoms with E-state index in [-0.39, 0.29) is 49.6 Å². The third kappa shape index (κ3) is 4.39. The normalized spacial score (nSPS) is 16.4. The number of carbonyl (C=O) groups excluding carboxylic acids is 3. The molecule has 1 saturated heterocycles. The van der Waals surface area contributed by atoms with Crippen LogP contribution in [0.4, 0.5) is 0 Å². The van der Waals surface area contributed by atoms with E-state index in [1.807, 2.05) is 6.92 Å².